The van der Waals surface area contributed by atoms with E-state index in [1.807, 2.05) is 30.3 Å². The van der Waals surface area contributed by atoms with Gasteiger partial charge >= 0.3 is 6.09 Å². The molecule has 0 atom stereocenters. The standard InChI is InChI=1S/C12H19NO2Si/c1-16-9-5-8-13-12(14)15-10-11-6-3-2-4-7-11/h2-4,6-7H,5,8-10,16H2,1H3,(H,13,14). The van der Waals surface area contributed by atoms with Gasteiger partial charge in [-0.2, -0.15) is 0 Å². The smallest absolute Gasteiger partial charge is 0.407 e. The first-order valence-electron chi connectivity index (χ1n) is 5.77. The second kappa shape index (κ2) is 7.93. The van der Waals surface area contributed by atoms with E-state index >= 15 is 0 Å². The van der Waals surface area contributed by atoms with Gasteiger partial charge in [-0.3, -0.25) is 0 Å². The van der Waals surface area contributed by atoms with Gasteiger partial charge < -0.3 is 10.1 Å². The lowest BCUT2D eigenvalue weighted by atomic mass is 10.2. The number of amides is 1. The Bertz CT molecular complexity index is 303. The van der Waals surface area contributed by atoms with E-state index in [-0.39, 0.29) is 15.6 Å². The summed E-state index contributed by atoms with van der Waals surface area (Å²) in [6.07, 6.45) is 0.755. The van der Waals surface area contributed by atoms with Gasteiger partial charge in [0.05, 0.1) is 0 Å². The minimum atomic E-state index is -0.318. The number of hydrogen-bond donors (Lipinski definition) is 1. The maximum atomic E-state index is 11.3. The zero-order valence-electron chi connectivity index (χ0n) is 9.74. The first kappa shape index (κ1) is 12.8. The van der Waals surface area contributed by atoms with Gasteiger partial charge in [0.25, 0.3) is 0 Å². The highest BCUT2D eigenvalue weighted by Gasteiger charge is 2.00. The summed E-state index contributed by atoms with van der Waals surface area (Å²) >= 11 is 0. The Morgan fingerprint density at radius 2 is 2.12 bits per heavy atom. The van der Waals surface area contributed by atoms with Gasteiger partial charge in [-0.15, -0.1) is 0 Å². The number of ether oxygens (including phenoxy) is 1. The van der Waals surface area contributed by atoms with Crippen LogP contribution in [0.5, 0.6) is 0 Å². The molecule has 1 aromatic carbocycles. The van der Waals surface area contributed by atoms with E-state index in [1.165, 1.54) is 6.04 Å². The third-order valence-corrected chi connectivity index (χ3v) is 3.47. The fourth-order valence-corrected chi connectivity index (χ4v) is 2.09. The van der Waals surface area contributed by atoms with Crippen LogP contribution in [0.4, 0.5) is 4.79 Å². The van der Waals surface area contributed by atoms with Crippen LogP contribution in [0.2, 0.25) is 12.6 Å². The van der Waals surface area contributed by atoms with Gasteiger partial charge in [0, 0.05) is 16.1 Å². The molecule has 88 valence electrons. The van der Waals surface area contributed by atoms with Crippen LogP contribution in [-0.4, -0.2) is 22.2 Å². The largest absolute Gasteiger partial charge is 0.445 e. The highest BCUT2D eigenvalue weighted by molar-refractivity contribution is 6.33. The van der Waals surface area contributed by atoms with E-state index in [1.54, 1.807) is 0 Å². The number of carbonyl (C=O) groups is 1. The van der Waals surface area contributed by atoms with E-state index in [0.717, 1.165) is 18.5 Å². The van der Waals surface area contributed by atoms with Crippen molar-refractivity contribution in [3.63, 3.8) is 0 Å². The van der Waals surface area contributed by atoms with Crippen LogP contribution in [0.15, 0.2) is 30.3 Å². The Morgan fingerprint density at radius 1 is 1.38 bits per heavy atom. The lowest BCUT2D eigenvalue weighted by Crippen LogP contribution is -2.25. The average Bonchev–Trinajstić information content (AvgIpc) is 2.33. The SMILES string of the molecule is C[SiH2]CCCNC(=O)OCc1ccccc1. The third kappa shape index (κ3) is 5.55. The molecule has 0 heterocycles. The lowest BCUT2D eigenvalue weighted by Gasteiger charge is -2.06. The first-order valence-corrected chi connectivity index (χ1v) is 8.19. The van der Waals surface area contributed by atoms with Gasteiger partial charge in [-0.25, -0.2) is 4.79 Å². The molecular weight excluding hydrogens is 218 g/mol. The van der Waals surface area contributed by atoms with Crippen LogP contribution in [0.25, 0.3) is 0 Å². The van der Waals surface area contributed by atoms with Crippen molar-refractivity contribution in [1.29, 1.82) is 0 Å². The van der Waals surface area contributed by atoms with Crippen LogP contribution >= 0.6 is 0 Å². The Kier molecular flexibility index (Phi) is 6.33. The van der Waals surface area contributed by atoms with E-state index in [9.17, 15) is 4.79 Å². The predicted octanol–water partition coefficient (Wildman–Crippen LogP) is 1.94. The Labute approximate surface area is 99.0 Å². The van der Waals surface area contributed by atoms with Gasteiger partial charge in [-0.1, -0.05) is 42.9 Å². The Balaban J connectivity index is 2.11. The third-order valence-electron chi connectivity index (χ3n) is 2.26. The quantitative estimate of drug-likeness (QED) is 0.606. The predicted molar refractivity (Wildman–Crippen MR) is 68.5 cm³/mol. The molecule has 0 aliphatic rings. The van der Waals surface area contributed by atoms with Crippen LogP contribution in [0.3, 0.4) is 0 Å². The molecule has 0 aromatic heterocycles. The van der Waals surface area contributed by atoms with E-state index in [0.29, 0.717) is 6.61 Å². The van der Waals surface area contributed by atoms with Gasteiger partial charge in [0.15, 0.2) is 0 Å². The molecule has 16 heavy (non-hydrogen) atoms. The number of benzene rings is 1. The maximum absolute atomic E-state index is 11.3. The summed E-state index contributed by atoms with van der Waals surface area (Å²) in [6.45, 7) is 3.34. The fraction of sp³-hybridized carbons (Fsp3) is 0.417. The highest BCUT2D eigenvalue weighted by Crippen LogP contribution is 2.00. The molecule has 0 radical (unpaired) electrons. The minimum absolute atomic E-state index is 0.124. The van der Waals surface area contributed by atoms with Crippen molar-refractivity contribution in [2.24, 2.45) is 0 Å². The summed E-state index contributed by atoms with van der Waals surface area (Å²) in [7, 11) is 0.124. The van der Waals surface area contributed by atoms with Crippen molar-refractivity contribution in [3.05, 3.63) is 35.9 Å². The van der Waals surface area contributed by atoms with Crippen LogP contribution in [0, 0.1) is 0 Å². The monoisotopic (exact) mass is 237 g/mol. The normalized spacial score (nSPS) is 10.6. The molecule has 0 bridgehead atoms. The molecular formula is C12H19NO2Si. The zero-order chi connectivity index (χ0) is 11.6. The minimum Gasteiger partial charge on any atom is -0.445 e. The molecule has 0 saturated carbocycles. The molecule has 4 heteroatoms. The molecule has 1 aromatic rings. The molecule has 0 saturated heterocycles. The zero-order valence-corrected chi connectivity index (χ0v) is 11.2. The highest BCUT2D eigenvalue weighted by atomic mass is 28.2. The molecule has 0 fully saturated rings. The van der Waals surface area contributed by atoms with Crippen molar-refractivity contribution in [2.75, 3.05) is 6.54 Å². The van der Waals surface area contributed by atoms with Gasteiger partial charge in [-0.05, 0) is 12.0 Å². The number of rotatable bonds is 6. The van der Waals surface area contributed by atoms with E-state index in [4.69, 9.17) is 4.74 Å². The fourth-order valence-electron chi connectivity index (χ4n) is 1.34. The van der Waals surface area contributed by atoms with Crippen molar-refractivity contribution in [1.82, 2.24) is 5.32 Å². The molecule has 0 aliphatic carbocycles. The van der Waals surface area contributed by atoms with Gasteiger partial charge in [0.2, 0.25) is 0 Å². The average molecular weight is 237 g/mol. The summed E-state index contributed by atoms with van der Waals surface area (Å²) < 4.78 is 5.07. The van der Waals surface area contributed by atoms with Crippen molar-refractivity contribution in [2.45, 2.75) is 25.6 Å². The summed E-state index contributed by atoms with van der Waals surface area (Å²) in [5, 5.41) is 2.75. The molecule has 0 unspecified atom stereocenters. The molecule has 3 nitrogen and oxygen atoms in total. The maximum Gasteiger partial charge on any atom is 0.407 e. The van der Waals surface area contributed by atoms with Crippen molar-refractivity contribution >= 4 is 15.6 Å². The second-order valence-corrected chi connectivity index (χ2v) is 5.40. The number of hydrogen-bond acceptors (Lipinski definition) is 2. The van der Waals surface area contributed by atoms with E-state index in [2.05, 4.69) is 11.9 Å². The Hall–Kier alpha value is -1.29. The first-order chi connectivity index (χ1) is 7.83. The summed E-state index contributed by atoms with van der Waals surface area (Å²) in [5.41, 5.74) is 1.01. The van der Waals surface area contributed by atoms with Gasteiger partial charge in [0.1, 0.15) is 6.61 Å². The molecule has 0 spiro atoms. The van der Waals surface area contributed by atoms with Crippen molar-refractivity contribution < 1.29 is 9.53 Å². The number of alkyl carbamates (subject to hydrolysis) is 1. The molecule has 0 aliphatic heterocycles. The molecule has 1 N–H and O–H groups in total. The summed E-state index contributed by atoms with van der Waals surface area (Å²) in [5.74, 6) is 0. The number of nitrogens with one attached hydrogen (secondary N) is 1. The van der Waals surface area contributed by atoms with E-state index < -0.39 is 0 Å². The summed E-state index contributed by atoms with van der Waals surface area (Å²) in [4.78, 5) is 11.3. The lowest BCUT2D eigenvalue weighted by molar-refractivity contribution is 0.139. The topological polar surface area (TPSA) is 38.3 Å². The molecule has 1 amide bonds. The van der Waals surface area contributed by atoms with Crippen LogP contribution in [-0.2, 0) is 11.3 Å². The van der Waals surface area contributed by atoms with Crippen LogP contribution in [0.1, 0.15) is 12.0 Å². The second-order valence-electron chi connectivity index (χ2n) is 3.70. The Morgan fingerprint density at radius 3 is 2.81 bits per heavy atom. The van der Waals surface area contributed by atoms with Crippen LogP contribution < -0.4 is 5.32 Å². The van der Waals surface area contributed by atoms with Crippen molar-refractivity contribution in [3.8, 4) is 0 Å². The molecule has 1 rings (SSSR count). The summed E-state index contributed by atoms with van der Waals surface area (Å²) in [6, 6.07) is 11.0. The number of carbonyl (C=O) groups excluding carboxylic acids is 1.